The van der Waals surface area contributed by atoms with E-state index in [1.807, 2.05) is 33.9 Å². The number of benzene rings is 1. The number of ether oxygens (including phenoxy) is 6. The van der Waals surface area contributed by atoms with Crippen LogP contribution in [0.1, 0.15) is 105 Å². The number of piperidine rings is 1. The van der Waals surface area contributed by atoms with Crippen molar-refractivity contribution < 1.29 is 75.1 Å². The second-order valence-corrected chi connectivity index (χ2v) is 24.4. The summed E-state index contributed by atoms with van der Waals surface area (Å²) in [6.45, 7) is 14.3. The van der Waals surface area contributed by atoms with Crippen LogP contribution in [0, 0.1) is 23.7 Å². The van der Waals surface area contributed by atoms with Crippen LogP contribution in [0.3, 0.4) is 0 Å². The third kappa shape index (κ3) is 18.0. The van der Waals surface area contributed by atoms with Crippen molar-refractivity contribution in [2.75, 3.05) is 80.3 Å². The van der Waals surface area contributed by atoms with Gasteiger partial charge in [0.15, 0.2) is 0 Å². The van der Waals surface area contributed by atoms with E-state index < -0.39 is 75.3 Å². The summed E-state index contributed by atoms with van der Waals surface area (Å²) >= 11 is 0. The molecule has 6 rings (SSSR count). The number of hydrogen-bond donors (Lipinski definition) is 3. The Morgan fingerprint density at radius 3 is 2.15 bits per heavy atom. The second-order valence-electron chi connectivity index (χ2n) is 22.5. The number of sulfone groups is 1. The lowest BCUT2D eigenvalue weighted by Crippen LogP contribution is -2.60. The molecule has 4 heterocycles. The van der Waals surface area contributed by atoms with Gasteiger partial charge < -0.3 is 63.3 Å². The summed E-state index contributed by atoms with van der Waals surface area (Å²) in [4.78, 5) is 87.1. The standard InChI is InChI=1S/C57H88N10O16S/c1-11-36(4)49(45(77-8)33-47(69)66-23-13-15-44(66)51(78-9)37(5)52(70)58-38(6)56(73)74)64(7)55(72)48(35(2)3)59-53(71)50-40-17-20-42(32-40)67(50)46(68)16-12-14-41-34-65(63-60-41)24-25-79-26-27-80-28-29-81-30-31-82-43-21-18-39(19-22-43)54-61-62-57(83-54)84(10,75)76/h18-19,21-22,34-38,40,42,44-45,48-51H,11-17,20,23-33H2,1-10H3,(H,58,70)(H,59,71)(H,73,74)/t36-,37+,38-,40-,42+,44-,45+,48-,49-,50-,51+/m0/s1. The molecular formula is C57H88N10O16S. The number of likely N-dealkylation sites (tertiary alicyclic amines) is 2. The van der Waals surface area contributed by atoms with Crippen LogP contribution in [0.4, 0.5) is 0 Å². The minimum Gasteiger partial charge on any atom is -0.491 e. The molecule has 3 N–H and O–H groups in total. The molecule has 468 valence electrons. The van der Waals surface area contributed by atoms with E-state index in [1.54, 1.807) is 57.6 Å². The van der Waals surface area contributed by atoms with Crippen molar-refractivity contribution >= 4 is 45.3 Å². The minimum absolute atomic E-state index is 0.0260. The number of carbonyl (C=O) groups excluding carboxylic acids is 5. The number of amides is 5. The number of rotatable bonds is 36. The van der Waals surface area contributed by atoms with Crippen molar-refractivity contribution in [3.8, 4) is 17.2 Å². The van der Waals surface area contributed by atoms with E-state index >= 15 is 0 Å². The fourth-order valence-corrected chi connectivity index (χ4v) is 12.0. The molecule has 3 fully saturated rings. The van der Waals surface area contributed by atoms with Crippen molar-refractivity contribution in [2.24, 2.45) is 23.7 Å². The summed E-state index contributed by atoms with van der Waals surface area (Å²) in [6.07, 6.45) is 6.84. The summed E-state index contributed by atoms with van der Waals surface area (Å²) in [5, 5.41) is 30.4. The quantitative estimate of drug-likeness (QED) is 0.0704. The van der Waals surface area contributed by atoms with E-state index in [0.29, 0.717) is 103 Å². The number of aromatic nitrogens is 5. The highest BCUT2D eigenvalue weighted by molar-refractivity contribution is 7.90. The van der Waals surface area contributed by atoms with Gasteiger partial charge in [0, 0.05) is 58.3 Å². The number of methoxy groups -OCH3 is 2. The Bertz CT molecular complexity index is 2740. The summed E-state index contributed by atoms with van der Waals surface area (Å²) in [5.74, 6) is -3.22. The van der Waals surface area contributed by atoms with Gasteiger partial charge in [-0.2, -0.15) is 0 Å². The molecule has 3 aromatic rings. The number of aryl methyl sites for hydroxylation is 1. The largest absolute Gasteiger partial charge is 0.491 e. The fourth-order valence-electron chi connectivity index (χ4n) is 11.6. The third-order valence-corrected chi connectivity index (χ3v) is 17.1. The van der Waals surface area contributed by atoms with Gasteiger partial charge in [-0.25, -0.2) is 13.1 Å². The lowest BCUT2D eigenvalue weighted by atomic mass is 9.89. The summed E-state index contributed by atoms with van der Waals surface area (Å²) in [6, 6.07) is 2.99. The van der Waals surface area contributed by atoms with Crippen LogP contribution >= 0.6 is 0 Å². The topological polar surface area (TPSA) is 316 Å². The number of carboxylic acids is 1. The highest BCUT2D eigenvalue weighted by Crippen LogP contribution is 2.43. The lowest BCUT2D eigenvalue weighted by molar-refractivity contribution is -0.149. The first-order chi connectivity index (χ1) is 40.1. The van der Waals surface area contributed by atoms with Gasteiger partial charge in [-0.15, -0.1) is 10.2 Å². The van der Waals surface area contributed by atoms with Crippen molar-refractivity contribution in [3.63, 3.8) is 0 Å². The van der Waals surface area contributed by atoms with Crippen LogP contribution in [-0.4, -0.2) is 218 Å². The zero-order valence-electron chi connectivity index (χ0n) is 50.3. The molecule has 2 aliphatic heterocycles. The smallest absolute Gasteiger partial charge is 0.335 e. The van der Waals surface area contributed by atoms with Gasteiger partial charge in [-0.1, -0.05) is 51.4 Å². The second kappa shape index (κ2) is 31.8. The van der Waals surface area contributed by atoms with Crippen LogP contribution in [0.5, 0.6) is 5.75 Å². The number of nitrogens with one attached hydrogen (secondary N) is 2. The Balaban J connectivity index is 0.903. The Morgan fingerprint density at radius 2 is 1.54 bits per heavy atom. The van der Waals surface area contributed by atoms with Gasteiger partial charge in [0.05, 0.1) is 88.5 Å². The zero-order chi connectivity index (χ0) is 61.3. The first-order valence-corrected chi connectivity index (χ1v) is 31.1. The first-order valence-electron chi connectivity index (χ1n) is 29.2. The summed E-state index contributed by atoms with van der Waals surface area (Å²) in [5.41, 5.74) is 1.29. The normalized spacial score (nSPS) is 20.3. The minimum atomic E-state index is -3.59. The van der Waals surface area contributed by atoms with E-state index in [2.05, 4.69) is 31.1 Å². The Morgan fingerprint density at radius 1 is 0.857 bits per heavy atom. The van der Waals surface area contributed by atoms with Gasteiger partial charge in [0.1, 0.15) is 30.5 Å². The number of fused-ring (bicyclic) bond motifs is 2. The number of hydrogen-bond acceptors (Lipinski definition) is 19. The van der Waals surface area contributed by atoms with E-state index in [0.717, 1.165) is 31.2 Å². The fraction of sp³-hybridized carbons (Fsp3) is 0.719. The van der Waals surface area contributed by atoms with Crippen molar-refractivity contribution in [1.82, 2.24) is 50.5 Å². The predicted molar refractivity (Wildman–Crippen MR) is 304 cm³/mol. The van der Waals surface area contributed by atoms with Crippen LogP contribution in [0.15, 0.2) is 40.1 Å². The van der Waals surface area contributed by atoms with E-state index in [-0.39, 0.29) is 66.2 Å². The van der Waals surface area contributed by atoms with Gasteiger partial charge >= 0.3 is 11.2 Å². The maximum Gasteiger partial charge on any atom is 0.335 e. The molecule has 2 aromatic heterocycles. The van der Waals surface area contributed by atoms with Crippen LogP contribution in [0.25, 0.3) is 11.5 Å². The Kier molecular flexibility index (Phi) is 25.4. The molecule has 0 radical (unpaired) electrons. The first kappa shape index (κ1) is 67.0. The molecular weight excluding hydrogens is 1110 g/mol. The molecule has 3 aliphatic rings. The predicted octanol–water partition coefficient (Wildman–Crippen LogP) is 3.21. The van der Waals surface area contributed by atoms with Gasteiger partial charge in [0.25, 0.3) is 0 Å². The molecule has 84 heavy (non-hydrogen) atoms. The van der Waals surface area contributed by atoms with Crippen molar-refractivity contribution in [2.45, 2.75) is 166 Å². The summed E-state index contributed by atoms with van der Waals surface area (Å²) in [7, 11) is 1.07. The van der Waals surface area contributed by atoms with Crippen LogP contribution in [-0.2, 0) is 75.3 Å². The summed E-state index contributed by atoms with van der Waals surface area (Å²) < 4.78 is 64.6. The van der Waals surface area contributed by atoms with E-state index in [1.165, 1.54) is 21.1 Å². The number of carboxylic acid groups (broad SMARTS) is 1. The molecule has 2 bridgehead atoms. The number of nitrogens with zero attached hydrogens (tertiary/aromatic N) is 8. The molecule has 1 saturated carbocycles. The number of carbonyl (C=O) groups is 6. The number of aliphatic carboxylic acids is 1. The molecule has 1 aliphatic carbocycles. The average molecular weight is 1200 g/mol. The highest BCUT2D eigenvalue weighted by Gasteiger charge is 2.52. The van der Waals surface area contributed by atoms with E-state index in [4.69, 9.17) is 32.8 Å². The van der Waals surface area contributed by atoms with Crippen LogP contribution in [0.2, 0.25) is 0 Å². The van der Waals surface area contributed by atoms with E-state index in [9.17, 15) is 42.3 Å². The van der Waals surface area contributed by atoms with Gasteiger partial charge in [-0.3, -0.25) is 28.8 Å². The van der Waals surface area contributed by atoms with Crippen LogP contribution < -0.4 is 15.4 Å². The molecule has 0 spiro atoms. The molecule has 11 atom stereocenters. The highest BCUT2D eigenvalue weighted by atomic mass is 32.2. The SMILES string of the molecule is CC[C@H](C)[C@@H]([C@@H](CC(=O)N1CCC[C@H]1[C@H](OC)[C@@H](C)C(=O)N[C@@H](C)C(=O)O)OC)N(C)C(=O)[C@@H](NC(=O)[C@@H]1[C@H]2CC[C@H](C2)N1C(=O)CCCc1cn(CCOCCOCCOCCOc2ccc(-c3nnc(S(C)(=O)=O)o3)cc2)nn1)C(C)C. The lowest BCUT2D eigenvalue weighted by Gasteiger charge is -2.41. The Hall–Kier alpha value is -6.13. The average Bonchev–Trinajstić information content (AvgIpc) is 4.20. The number of likely N-dealkylation sites (N-methyl/N-ethyl adjacent to an activating group) is 1. The molecule has 0 unspecified atom stereocenters. The molecule has 1 aromatic carbocycles. The molecule has 5 amide bonds. The van der Waals surface area contributed by atoms with Crippen molar-refractivity contribution in [3.05, 3.63) is 36.2 Å². The molecule has 26 nitrogen and oxygen atoms in total. The maximum absolute atomic E-state index is 14.7. The molecule has 27 heteroatoms. The Labute approximate surface area is 492 Å². The van der Waals surface area contributed by atoms with Crippen molar-refractivity contribution in [1.29, 1.82) is 0 Å². The maximum atomic E-state index is 14.7. The third-order valence-electron chi connectivity index (χ3n) is 16.3. The van der Waals surface area contributed by atoms with Gasteiger partial charge in [0.2, 0.25) is 45.3 Å². The molecule has 2 saturated heterocycles. The zero-order valence-corrected chi connectivity index (χ0v) is 51.1. The monoisotopic (exact) mass is 1200 g/mol. The van der Waals surface area contributed by atoms with Gasteiger partial charge in [-0.05, 0) is 93.9 Å².